The van der Waals surface area contributed by atoms with Crippen LogP contribution < -0.4 is 5.32 Å². The number of hydrogen-bond acceptors (Lipinski definition) is 2. The summed E-state index contributed by atoms with van der Waals surface area (Å²) in [7, 11) is 0. The molecule has 0 spiro atoms. The van der Waals surface area contributed by atoms with E-state index in [2.05, 4.69) is 41.7 Å². The number of nitrogens with one attached hydrogen (secondary N) is 1. The van der Waals surface area contributed by atoms with Crippen LogP contribution in [0.2, 0.25) is 0 Å². The zero-order valence-corrected chi connectivity index (χ0v) is 12.3. The van der Waals surface area contributed by atoms with Gasteiger partial charge in [-0.25, -0.2) is 0 Å². The molecule has 1 nitrogen and oxygen atoms in total. The highest BCUT2D eigenvalue weighted by atomic mass is 32.2. The Hall–Kier alpha value is -1.32. The average Bonchev–Trinajstić information content (AvgIpc) is 2.47. The van der Waals surface area contributed by atoms with E-state index in [0.29, 0.717) is 0 Å². The lowest BCUT2D eigenvalue weighted by Crippen LogP contribution is -2.18. The number of thioether (sulfide) groups is 1. The molecule has 0 aliphatic rings. The van der Waals surface area contributed by atoms with Gasteiger partial charge in [-0.15, -0.1) is 0 Å². The molecule has 0 saturated carbocycles. The van der Waals surface area contributed by atoms with Crippen molar-refractivity contribution in [3.05, 3.63) is 71.8 Å². The van der Waals surface area contributed by atoms with Gasteiger partial charge < -0.3 is 5.32 Å². The van der Waals surface area contributed by atoms with E-state index in [1.165, 1.54) is 11.1 Å². The maximum atomic E-state index is 5.32. The fourth-order valence-corrected chi connectivity index (χ4v) is 2.75. The van der Waals surface area contributed by atoms with Crippen LogP contribution in [-0.4, -0.2) is 10.1 Å². The number of rotatable bonds is 5. The Balaban J connectivity index is 1.65. The molecule has 0 aliphatic heterocycles. The first-order valence-corrected chi connectivity index (χ1v) is 7.72. The summed E-state index contributed by atoms with van der Waals surface area (Å²) in [5, 5.41) is 3.28. The second kappa shape index (κ2) is 7.97. The zero-order chi connectivity index (χ0) is 13.3. The molecule has 0 fully saturated rings. The van der Waals surface area contributed by atoms with Crippen molar-refractivity contribution in [2.75, 3.05) is 5.75 Å². The highest BCUT2D eigenvalue weighted by Gasteiger charge is 1.98. The van der Waals surface area contributed by atoms with Crippen molar-refractivity contribution in [3.63, 3.8) is 0 Å². The lowest BCUT2D eigenvalue weighted by atomic mass is 10.2. The molecule has 0 amide bonds. The molecule has 0 bridgehead atoms. The van der Waals surface area contributed by atoms with Gasteiger partial charge in [0, 0.05) is 12.3 Å². The van der Waals surface area contributed by atoms with Gasteiger partial charge in [-0.05, 0) is 17.5 Å². The van der Waals surface area contributed by atoms with Gasteiger partial charge in [0.05, 0.1) is 0 Å². The van der Waals surface area contributed by atoms with E-state index in [1.54, 1.807) is 11.8 Å². The minimum Gasteiger partial charge on any atom is -0.367 e. The Morgan fingerprint density at radius 1 is 0.895 bits per heavy atom. The topological polar surface area (TPSA) is 12.0 Å². The van der Waals surface area contributed by atoms with Crippen LogP contribution in [0.3, 0.4) is 0 Å². The third-order valence-corrected chi connectivity index (χ3v) is 4.06. The minimum absolute atomic E-state index is 0.804. The number of thiocarbonyl (C=S) groups is 1. The molecular formula is C16H17NS2. The first-order valence-electron chi connectivity index (χ1n) is 6.33. The summed E-state index contributed by atoms with van der Waals surface area (Å²) < 4.78 is 0.875. The summed E-state index contributed by atoms with van der Waals surface area (Å²) >= 11 is 7.03. The number of hydrogen-bond donors (Lipinski definition) is 1. The van der Waals surface area contributed by atoms with Gasteiger partial charge in [0.15, 0.2) is 0 Å². The van der Waals surface area contributed by atoms with Crippen molar-refractivity contribution in [2.24, 2.45) is 0 Å². The molecule has 98 valence electrons. The molecular weight excluding hydrogens is 270 g/mol. The normalized spacial score (nSPS) is 10.1. The second-order valence-corrected chi connectivity index (χ2v) is 5.98. The van der Waals surface area contributed by atoms with Gasteiger partial charge in [0.25, 0.3) is 0 Å². The molecule has 19 heavy (non-hydrogen) atoms. The van der Waals surface area contributed by atoms with Crippen molar-refractivity contribution < 1.29 is 0 Å². The molecule has 2 aromatic carbocycles. The van der Waals surface area contributed by atoms with Gasteiger partial charge in [-0.1, -0.05) is 84.6 Å². The Kier molecular flexibility index (Phi) is 5.92. The molecule has 0 unspecified atom stereocenters. The summed E-state index contributed by atoms with van der Waals surface area (Å²) in [6, 6.07) is 20.8. The summed E-state index contributed by atoms with van der Waals surface area (Å²) in [6.45, 7) is 0.804. The number of benzene rings is 2. The molecule has 2 rings (SSSR count). The van der Waals surface area contributed by atoms with E-state index in [-0.39, 0.29) is 0 Å². The van der Waals surface area contributed by atoms with E-state index in [0.717, 1.165) is 23.0 Å². The first kappa shape index (κ1) is 14.1. The highest BCUT2D eigenvalue weighted by Crippen LogP contribution is 2.08. The molecule has 0 atom stereocenters. The van der Waals surface area contributed by atoms with Crippen molar-refractivity contribution in [1.29, 1.82) is 0 Å². The molecule has 0 aliphatic carbocycles. The maximum Gasteiger partial charge on any atom is 0.134 e. The monoisotopic (exact) mass is 287 g/mol. The quantitative estimate of drug-likeness (QED) is 0.834. The zero-order valence-electron chi connectivity index (χ0n) is 10.7. The van der Waals surface area contributed by atoms with Crippen molar-refractivity contribution >= 4 is 28.3 Å². The van der Waals surface area contributed by atoms with Crippen molar-refractivity contribution in [1.82, 2.24) is 5.32 Å². The molecule has 0 aromatic heterocycles. The Labute approximate surface area is 124 Å². The van der Waals surface area contributed by atoms with Gasteiger partial charge >= 0.3 is 0 Å². The van der Waals surface area contributed by atoms with Crippen LogP contribution in [0.25, 0.3) is 0 Å². The minimum atomic E-state index is 0.804. The molecule has 0 radical (unpaired) electrons. The van der Waals surface area contributed by atoms with Crippen LogP contribution in [-0.2, 0) is 13.0 Å². The van der Waals surface area contributed by atoms with E-state index >= 15 is 0 Å². The van der Waals surface area contributed by atoms with Crippen LogP contribution in [0.4, 0.5) is 0 Å². The first-order chi connectivity index (χ1) is 9.34. The van der Waals surface area contributed by atoms with E-state index in [9.17, 15) is 0 Å². The SMILES string of the molecule is S=C(NCc1ccccc1)SCCc1ccccc1. The Bertz CT molecular complexity index is 497. The van der Waals surface area contributed by atoms with Gasteiger partial charge in [0.1, 0.15) is 4.32 Å². The molecule has 0 heterocycles. The summed E-state index contributed by atoms with van der Waals surface area (Å²) in [4.78, 5) is 0. The standard InChI is InChI=1S/C16H17NS2/c18-16(17-13-15-9-5-2-6-10-15)19-12-11-14-7-3-1-4-8-14/h1-10H,11-13H2,(H,17,18). The van der Waals surface area contributed by atoms with E-state index in [1.807, 2.05) is 24.3 Å². The van der Waals surface area contributed by atoms with Crippen molar-refractivity contribution in [3.8, 4) is 0 Å². The van der Waals surface area contributed by atoms with Crippen LogP contribution in [0.15, 0.2) is 60.7 Å². The number of aryl methyl sites for hydroxylation is 1. The Morgan fingerprint density at radius 3 is 2.11 bits per heavy atom. The third kappa shape index (κ3) is 5.45. The van der Waals surface area contributed by atoms with Crippen LogP contribution in [0.1, 0.15) is 11.1 Å². The molecule has 3 heteroatoms. The van der Waals surface area contributed by atoms with E-state index < -0.39 is 0 Å². The maximum absolute atomic E-state index is 5.32. The lowest BCUT2D eigenvalue weighted by molar-refractivity contribution is 0.939. The average molecular weight is 287 g/mol. The molecule has 2 aromatic rings. The third-order valence-electron chi connectivity index (χ3n) is 2.75. The largest absolute Gasteiger partial charge is 0.367 e. The molecule has 0 saturated heterocycles. The summed E-state index contributed by atoms with van der Waals surface area (Å²) in [5.41, 5.74) is 2.62. The smallest absolute Gasteiger partial charge is 0.134 e. The summed E-state index contributed by atoms with van der Waals surface area (Å²) in [5.74, 6) is 1.02. The van der Waals surface area contributed by atoms with E-state index in [4.69, 9.17) is 12.2 Å². The van der Waals surface area contributed by atoms with Crippen LogP contribution in [0.5, 0.6) is 0 Å². The predicted molar refractivity (Wildman–Crippen MR) is 88.5 cm³/mol. The fraction of sp³-hybridized carbons (Fsp3) is 0.188. The van der Waals surface area contributed by atoms with Gasteiger partial charge in [-0.2, -0.15) is 0 Å². The molecule has 1 N–H and O–H groups in total. The lowest BCUT2D eigenvalue weighted by Gasteiger charge is -2.07. The Morgan fingerprint density at radius 2 is 1.47 bits per heavy atom. The van der Waals surface area contributed by atoms with Crippen LogP contribution >= 0.6 is 24.0 Å². The summed E-state index contributed by atoms with van der Waals surface area (Å²) in [6.07, 6.45) is 1.05. The predicted octanol–water partition coefficient (Wildman–Crippen LogP) is 4.04. The van der Waals surface area contributed by atoms with Gasteiger partial charge in [-0.3, -0.25) is 0 Å². The fourth-order valence-electron chi connectivity index (χ4n) is 1.73. The van der Waals surface area contributed by atoms with Crippen LogP contribution in [0, 0.1) is 0 Å². The second-order valence-electron chi connectivity index (χ2n) is 4.21. The van der Waals surface area contributed by atoms with Gasteiger partial charge in [0.2, 0.25) is 0 Å². The highest BCUT2D eigenvalue weighted by molar-refractivity contribution is 8.22. The van der Waals surface area contributed by atoms with Crippen molar-refractivity contribution in [2.45, 2.75) is 13.0 Å².